The number of rotatable bonds is 7. The van der Waals surface area contributed by atoms with Crippen LogP contribution in [0.3, 0.4) is 0 Å². The van der Waals surface area contributed by atoms with Crippen molar-refractivity contribution in [2.24, 2.45) is 5.92 Å². The van der Waals surface area contributed by atoms with Gasteiger partial charge in [-0.2, -0.15) is 0 Å². The fourth-order valence-electron chi connectivity index (χ4n) is 2.74. The zero-order valence-electron chi connectivity index (χ0n) is 14.7. The maximum Gasteiger partial charge on any atom is 0.244 e. The van der Waals surface area contributed by atoms with Crippen LogP contribution in [0.4, 0.5) is 4.39 Å². The third-order valence-electron chi connectivity index (χ3n) is 3.76. The van der Waals surface area contributed by atoms with Crippen molar-refractivity contribution in [1.29, 1.82) is 0 Å². The van der Waals surface area contributed by atoms with E-state index in [0.29, 0.717) is 19.0 Å². The molecular formula is C19H25FN2O2. The van der Waals surface area contributed by atoms with Gasteiger partial charge in [-0.1, -0.05) is 26.0 Å². The lowest BCUT2D eigenvalue weighted by atomic mass is 10.0. The van der Waals surface area contributed by atoms with Gasteiger partial charge in [-0.3, -0.25) is 9.69 Å². The Balaban J connectivity index is 2.27. The van der Waals surface area contributed by atoms with Gasteiger partial charge >= 0.3 is 0 Å². The van der Waals surface area contributed by atoms with Crippen molar-refractivity contribution >= 4 is 5.91 Å². The third kappa shape index (κ3) is 4.68. The molecule has 1 atom stereocenters. The lowest BCUT2D eigenvalue weighted by Crippen LogP contribution is -2.41. The van der Waals surface area contributed by atoms with Crippen LogP contribution < -0.4 is 0 Å². The average Bonchev–Trinajstić information content (AvgIpc) is 3.01. The van der Waals surface area contributed by atoms with Crippen LogP contribution in [0.2, 0.25) is 0 Å². The van der Waals surface area contributed by atoms with Crippen molar-refractivity contribution in [3.8, 4) is 0 Å². The predicted molar refractivity (Wildman–Crippen MR) is 91.8 cm³/mol. The number of nitrogens with zero attached hydrogens (tertiary/aromatic N) is 2. The fraction of sp³-hybridized carbons (Fsp3) is 0.421. The molecule has 0 radical (unpaired) electrons. The van der Waals surface area contributed by atoms with E-state index in [0.717, 1.165) is 11.3 Å². The Kier molecular flexibility index (Phi) is 6.15. The molecule has 1 aromatic carbocycles. The van der Waals surface area contributed by atoms with E-state index in [4.69, 9.17) is 4.42 Å². The van der Waals surface area contributed by atoms with E-state index >= 15 is 0 Å². The number of benzene rings is 1. The predicted octanol–water partition coefficient (Wildman–Crippen LogP) is 3.71. The van der Waals surface area contributed by atoms with Crippen molar-refractivity contribution in [3.63, 3.8) is 0 Å². The smallest absolute Gasteiger partial charge is 0.244 e. The van der Waals surface area contributed by atoms with E-state index < -0.39 is 6.04 Å². The molecule has 0 saturated carbocycles. The molecule has 0 aliphatic heterocycles. The van der Waals surface area contributed by atoms with Crippen LogP contribution in [0.1, 0.15) is 31.2 Å². The molecule has 1 unspecified atom stereocenters. The lowest BCUT2D eigenvalue weighted by Gasteiger charge is -2.31. The molecule has 1 heterocycles. The molecule has 130 valence electrons. The molecule has 1 amide bonds. The molecule has 0 saturated heterocycles. The molecule has 24 heavy (non-hydrogen) atoms. The van der Waals surface area contributed by atoms with Gasteiger partial charge in [0, 0.05) is 6.54 Å². The maximum atomic E-state index is 13.2. The van der Waals surface area contributed by atoms with Gasteiger partial charge in [0.05, 0.1) is 12.8 Å². The standard InChI is InChI=1S/C19H25FN2O2/c1-14(2)12-22(13-17-6-5-11-24-17)19(23)18(21(3)4)15-7-9-16(20)10-8-15/h5-11,14,18H,12-13H2,1-4H3. The summed E-state index contributed by atoms with van der Waals surface area (Å²) in [6.07, 6.45) is 1.61. The Labute approximate surface area is 142 Å². The Hall–Kier alpha value is -2.14. The molecule has 0 aliphatic rings. The summed E-state index contributed by atoms with van der Waals surface area (Å²) in [6.45, 7) is 5.20. The quantitative estimate of drug-likeness (QED) is 0.775. The summed E-state index contributed by atoms with van der Waals surface area (Å²) in [5.41, 5.74) is 0.777. The number of hydrogen-bond acceptors (Lipinski definition) is 3. The van der Waals surface area contributed by atoms with Crippen LogP contribution in [-0.4, -0.2) is 36.3 Å². The highest BCUT2D eigenvalue weighted by Gasteiger charge is 2.28. The fourth-order valence-corrected chi connectivity index (χ4v) is 2.74. The van der Waals surface area contributed by atoms with E-state index in [2.05, 4.69) is 13.8 Å². The average molecular weight is 332 g/mol. The highest BCUT2D eigenvalue weighted by atomic mass is 19.1. The zero-order valence-corrected chi connectivity index (χ0v) is 14.7. The van der Waals surface area contributed by atoms with E-state index in [1.165, 1.54) is 12.1 Å². The molecule has 2 aromatic rings. The summed E-state index contributed by atoms with van der Waals surface area (Å²) in [7, 11) is 3.71. The van der Waals surface area contributed by atoms with Gasteiger partial charge in [-0.15, -0.1) is 0 Å². The van der Waals surface area contributed by atoms with E-state index in [9.17, 15) is 9.18 Å². The second-order valence-corrected chi connectivity index (χ2v) is 6.61. The molecule has 2 rings (SSSR count). The largest absolute Gasteiger partial charge is 0.467 e. The monoisotopic (exact) mass is 332 g/mol. The van der Waals surface area contributed by atoms with Crippen molar-refractivity contribution in [3.05, 3.63) is 59.8 Å². The highest BCUT2D eigenvalue weighted by molar-refractivity contribution is 5.83. The summed E-state index contributed by atoms with van der Waals surface area (Å²) in [5, 5.41) is 0. The van der Waals surface area contributed by atoms with Crippen LogP contribution in [-0.2, 0) is 11.3 Å². The number of likely N-dealkylation sites (N-methyl/N-ethyl adjacent to an activating group) is 1. The van der Waals surface area contributed by atoms with Crippen molar-refractivity contribution in [2.45, 2.75) is 26.4 Å². The van der Waals surface area contributed by atoms with Crippen molar-refractivity contribution < 1.29 is 13.6 Å². The van der Waals surface area contributed by atoms with E-state index in [1.807, 2.05) is 31.1 Å². The first-order chi connectivity index (χ1) is 11.4. The Bertz CT molecular complexity index is 636. The van der Waals surface area contributed by atoms with E-state index in [1.54, 1.807) is 23.3 Å². The second kappa shape index (κ2) is 8.11. The van der Waals surface area contributed by atoms with Gasteiger partial charge in [-0.05, 0) is 49.8 Å². The Morgan fingerprint density at radius 2 is 1.83 bits per heavy atom. The molecule has 0 fully saturated rings. The Morgan fingerprint density at radius 1 is 1.17 bits per heavy atom. The van der Waals surface area contributed by atoms with Gasteiger partial charge < -0.3 is 9.32 Å². The van der Waals surface area contributed by atoms with Gasteiger partial charge in [0.2, 0.25) is 5.91 Å². The van der Waals surface area contributed by atoms with Crippen LogP contribution in [0.5, 0.6) is 0 Å². The minimum Gasteiger partial charge on any atom is -0.467 e. The molecule has 0 bridgehead atoms. The van der Waals surface area contributed by atoms with Crippen LogP contribution in [0.25, 0.3) is 0 Å². The number of halogens is 1. The van der Waals surface area contributed by atoms with Gasteiger partial charge in [-0.25, -0.2) is 4.39 Å². The highest BCUT2D eigenvalue weighted by Crippen LogP contribution is 2.23. The summed E-state index contributed by atoms with van der Waals surface area (Å²) in [4.78, 5) is 16.8. The van der Waals surface area contributed by atoms with Gasteiger partial charge in [0.25, 0.3) is 0 Å². The maximum absolute atomic E-state index is 13.2. The number of furan rings is 1. The number of amides is 1. The molecule has 4 nitrogen and oxygen atoms in total. The molecule has 1 aromatic heterocycles. The minimum absolute atomic E-state index is 0.0169. The summed E-state index contributed by atoms with van der Waals surface area (Å²) >= 11 is 0. The second-order valence-electron chi connectivity index (χ2n) is 6.61. The van der Waals surface area contributed by atoms with E-state index in [-0.39, 0.29) is 11.7 Å². The van der Waals surface area contributed by atoms with Gasteiger partial charge in [0.15, 0.2) is 0 Å². The molecule has 5 heteroatoms. The first kappa shape index (κ1) is 18.2. The normalized spacial score (nSPS) is 12.6. The summed E-state index contributed by atoms with van der Waals surface area (Å²) in [5.74, 6) is 0.760. The number of carbonyl (C=O) groups excluding carboxylic acids is 1. The SMILES string of the molecule is CC(C)CN(Cc1ccco1)C(=O)C(c1ccc(F)cc1)N(C)C. The number of hydrogen-bond donors (Lipinski definition) is 0. The van der Waals surface area contributed by atoms with Crippen LogP contribution >= 0.6 is 0 Å². The Morgan fingerprint density at radius 3 is 2.33 bits per heavy atom. The summed E-state index contributed by atoms with van der Waals surface area (Å²) < 4.78 is 18.6. The van der Waals surface area contributed by atoms with Crippen LogP contribution in [0, 0.1) is 11.7 Å². The molecule has 0 N–H and O–H groups in total. The van der Waals surface area contributed by atoms with Gasteiger partial charge in [0.1, 0.15) is 17.6 Å². The molecule has 0 spiro atoms. The lowest BCUT2D eigenvalue weighted by molar-refractivity contribution is -0.137. The first-order valence-electron chi connectivity index (χ1n) is 8.11. The minimum atomic E-state index is -0.459. The van der Waals surface area contributed by atoms with Crippen LogP contribution in [0.15, 0.2) is 47.1 Å². The first-order valence-corrected chi connectivity index (χ1v) is 8.11. The van der Waals surface area contributed by atoms with Crippen molar-refractivity contribution in [1.82, 2.24) is 9.80 Å². The molecular weight excluding hydrogens is 307 g/mol. The van der Waals surface area contributed by atoms with Crippen molar-refractivity contribution in [2.75, 3.05) is 20.6 Å². The summed E-state index contributed by atoms with van der Waals surface area (Å²) in [6, 6.07) is 9.33. The third-order valence-corrected chi connectivity index (χ3v) is 3.76. The topological polar surface area (TPSA) is 36.7 Å². The zero-order chi connectivity index (χ0) is 17.7. The number of carbonyl (C=O) groups is 1. The molecule has 0 aliphatic carbocycles.